The number of aryl methyl sites for hydroxylation is 1. The predicted octanol–water partition coefficient (Wildman–Crippen LogP) is 3.15. The molecule has 1 saturated heterocycles. The SMILES string of the molecule is Cc1ccc(F)cc1C(=O)N1CCN(Cc2cccs2)CC1. The highest BCUT2D eigenvalue weighted by molar-refractivity contribution is 7.09. The van der Waals surface area contributed by atoms with Crippen LogP contribution < -0.4 is 0 Å². The second-order valence-electron chi connectivity index (χ2n) is 5.61. The summed E-state index contributed by atoms with van der Waals surface area (Å²) in [5.41, 5.74) is 1.30. The molecule has 0 bridgehead atoms. The van der Waals surface area contributed by atoms with Crippen molar-refractivity contribution in [3.8, 4) is 0 Å². The Kier molecular flexibility index (Phi) is 4.55. The van der Waals surface area contributed by atoms with Crippen LogP contribution in [0, 0.1) is 12.7 Å². The van der Waals surface area contributed by atoms with Crippen LogP contribution in [0.15, 0.2) is 35.7 Å². The number of nitrogens with zero attached hydrogens (tertiary/aromatic N) is 2. The number of hydrogen-bond donors (Lipinski definition) is 0. The lowest BCUT2D eigenvalue weighted by Gasteiger charge is -2.34. The first-order valence-corrected chi connectivity index (χ1v) is 8.31. The second-order valence-corrected chi connectivity index (χ2v) is 6.64. The molecule has 1 aliphatic rings. The van der Waals surface area contributed by atoms with Crippen molar-refractivity contribution in [2.45, 2.75) is 13.5 Å². The van der Waals surface area contributed by atoms with Crippen LogP contribution in [0.1, 0.15) is 20.8 Å². The first-order chi connectivity index (χ1) is 10.6. The molecule has 116 valence electrons. The van der Waals surface area contributed by atoms with Crippen LogP contribution in [-0.4, -0.2) is 41.9 Å². The predicted molar refractivity (Wildman–Crippen MR) is 86.6 cm³/mol. The van der Waals surface area contributed by atoms with E-state index in [0.29, 0.717) is 18.7 Å². The van der Waals surface area contributed by atoms with Crippen molar-refractivity contribution in [3.63, 3.8) is 0 Å². The van der Waals surface area contributed by atoms with E-state index in [1.165, 1.54) is 17.0 Å². The zero-order chi connectivity index (χ0) is 15.5. The molecule has 5 heteroatoms. The largest absolute Gasteiger partial charge is 0.336 e. The van der Waals surface area contributed by atoms with Gasteiger partial charge in [0.15, 0.2) is 0 Å². The van der Waals surface area contributed by atoms with Gasteiger partial charge in [0.2, 0.25) is 0 Å². The molecule has 0 N–H and O–H groups in total. The van der Waals surface area contributed by atoms with Crippen molar-refractivity contribution in [1.29, 1.82) is 0 Å². The maximum atomic E-state index is 13.4. The van der Waals surface area contributed by atoms with E-state index in [2.05, 4.69) is 22.4 Å². The summed E-state index contributed by atoms with van der Waals surface area (Å²) in [6.07, 6.45) is 0. The quantitative estimate of drug-likeness (QED) is 0.868. The topological polar surface area (TPSA) is 23.6 Å². The molecule has 1 amide bonds. The number of carbonyl (C=O) groups is 1. The summed E-state index contributed by atoms with van der Waals surface area (Å²) in [5, 5.41) is 2.09. The van der Waals surface area contributed by atoms with E-state index < -0.39 is 0 Å². The Morgan fingerprint density at radius 3 is 2.68 bits per heavy atom. The van der Waals surface area contributed by atoms with Gasteiger partial charge >= 0.3 is 0 Å². The van der Waals surface area contributed by atoms with Gasteiger partial charge in [-0.2, -0.15) is 0 Å². The zero-order valence-corrected chi connectivity index (χ0v) is 13.4. The van der Waals surface area contributed by atoms with Gasteiger partial charge in [0.1, 0.15) is 5.82 Å². The summed E-state index contributed by atoms with van der Waals surface area (Å²) in [6, 6.07) is 8.60. The van der Waals surface area contributed by atoms with Crippen molar-refractivity contribution in [2.24, 2.45) is 0 Å². The molecule has 1 aromatic heterocycles. The maximum Gasteiger partial charge on any atom is 0.254 e. The number of rotatable bonds is 3. The Bertz CT molecular complexity index is 649. The third-order valence-corrected chi connectivity index (χ3v) is 4.91. The van der Waals surface area contributed by atoms with Crippen LogP contribution in [-0.2, 0) is 6.54 Å². The fourth-order valence-corrected chi connectivity index (χ4v) is 3.47. The van der Waals surface area contributed by atoms with E-state index >= 15 is 0 Å². The van der Waals surface area contributed by atoms with E-state index in [1.54, 1.807) is 17.4 Å². The Morgan fingerprint density at radius 1 is 1.23 bits per heavy atom. The minimum Gasteiger partial charge on any atom is -0.336 e. The number of thiophene rings is 1. The molecule has 0 radical (unpaired) electrons. The number of halogens is 1. The number of piperazine rings is 1. The Morgan fingerprint density at radius 2 is 2.00 bits per heavy atom. The van der Waals surface area contributed by atoms with Crippen molar-refractivity contribution in [1.82, 2.24) is 9.80 Å². The van der Waals surface area contributed by atoms with Gasteiger partial charge in [-0.25, -0.2) is 4.39 Å². The summed E-state index contributed by atoms with van der Waals surface area (Å²) >= 11 is 1.76. The van der Waals surface area contributed by atoms with Gasteiger partial charge in [0, 0.05) is 43.2 Å². The highest BCUT2D eigenvalue weighted by atomic mass is 32.1. The normalized spacial score (nSPS) is 16.0. The Labute approximate surface area is 134 Å². The summed E-state index contributed by atoms with van der Waals surface area (Å²) in [5.74, 6) is -0.418. The molecular weight excluding hydrogens is 299 g/mol. The van der Waals surface area contributed by atoms with Gasteiger partial charge in [-0.05, 0) is 36.1 Å². The molecule has 0 atom stereocenters. The highest BCUT2D eigenvalue weighted by Crippen LogP contribution is 2.17. The van der Waals surface area contributed by atoms with E-state index in [1.807, 2.05) is 11.8 Å². The molecule has 2 heterocycles. The lowest BCUT2D eigenvalue weighted by molar-refractivity contribution is 0.0628. The lowest BCUT2D eigenvalue weighted by atomic mass is 10.1. The molecular formula is C17H19FN2OS. The third kappa shape index (κ3) is 3.36. The smallest absolute Gasteiger partial charge is 0.254 e. The lowest BCUT2D eigenvalue weighted by Crippen LogP contribution is -2.48. The van der Waals surface area contributed by atoms with E-state index in [9.17, 15) is 9.18 Å². The second kappa shape index (κ2) is 6.58. The number of hydrogen-bond acceptors (Lipinski definition) is 3. The van der Waals surface area contributed by atoms with E-state index in [-0.39, 0.29) is 11.7 Å². The van der Waals surface area contributed by atoms with Crippen molar-refractivity contribution in [2.75, 3.05) is 26.2 Å². The molecule has 1 aliphatic heterocycles. The molecule has 0 unspecified atom stereocenters. The van der Waals surface area contributed by atoms with Crippen LogP contribution in [0.5, 0.6) is 0 Å². The summed E-state index contributed by atoms with van der Waals surface area (Å²) in [7, 11) is 0. The maximum absolute atomic E-state index is 13.4. The van der Waals surface area contributed by atoms with Crippen LogP contribution in [0.2, 0.25) is 0 Å². The standard InChI is InChI=1S/C17H19FN2OS/c1-13-4-5-14(18)11-16(13)17(21)20-8-6-19(7-9-20)12-15-3-2-10-22-15/h2-5,10-11H,6-9,12H2,1H3. The summed E-state index contributed by atoms with van der Waals surface area (Å²) in [4.78, 5) is 18.1. The van der Waals surface area contributed by atoms with Gasteiger partial charge < -0.3 is 4.90 Å². The summed E-state index contributed by atoms with van der Waals surface area (Å²) in [6.45, 7) is 5.90. The average Bonchev–Trinajstić information content (AvgIpc) is 3.03. The Balaban J connectivity index is 1.61. The number of carbonyl (C=O) groups excluding carboxylic acids is 1. The van der Waals surface area contributed by atoms with Gasteiger partial charge in [-0.15, -0.1) is 11.3 Å². The first-order valence-electron chi connectivity index (χ1n) is 7.43. The molecule has 1 fully saturated rings. The van der Waals surface area contributed by atoms with Gasteiger partial charge in [-0.1, -0.05) is 12.1 Å². The Hall–Kier alpha value is -1.72. The first kappa shape index (κ1) is 15.2. The average molecular weight is 318 g/mol. The summed E-state index contributed by atoms with van der Waals surface area (Å²) < 4.78 is 13.4. The number of benzene rings is 1. The molecule has 3 nitrogen and oxygen atoms in total. The van der Waals surface area contributed by atoms with Crippen LogP contribution in [0.4, 0.5) is 4.39 Å². The monoisotopic (exact) mass is 318 g/mol. The molecule has 3 rings (SSSR count). The van der Waals surface area contributed by atoms with Crippen molar-refractivity contribution in [3.05, 3.63) is 57.5 Å². The van der Waals surface area contributed by atoms with Crippen LogP contribution in [0.3, 0.4) is 0 Å². The number of amides is 1. The zero-order valence-electron chi connectivity index (χ0n) is 12.6. The third-order valence-electron chi connectivity index (χ3n) is 4.05. The van der Waals surface area contributed by atoms with Gasteiger partial charge in [-0.3, -0.25) is 9.69 Å². The minimum atomic E-state index is -0.356. The molecule has 2 aromatic rings. The molecule has 1 aromatic carbocycles. The van der Waals surface area contributed by atoms with Crippen molar-refractivity contribution >= 4 is 17.2 Å². The van der Waals surface area contributed by atoms with E-state index in [0.717, 1.165) is 25.2 Å². The van der Waals surface area contributed by atoms with Crippen molar-refractivity contribution < 1.29 is 9.18 Å². The van der Waals surface area contributed by atoms with Gasteiger partial charge in [0.25, 0.3) is 5.91 Å². The van der Waals surface area contributed by atoms with Crippen LogP contribution in [0.25, 0.3) is 0 Å². The van der Waals surface area contributed by atoms with E-state index in [4.69, 9.17) is 0 Å². The molecule has 0 saturated carbocycles. The fraction of sp³-hybridized carbons (Fsp3) is 0.353. The van der Waals surface area contributed by atoms with Gasteiger partial charge in [0.05, 0.1) is 0 Å². The minimum absolute atomic E-state index is 0.0622. The van der Waals surface area contributed by atoms with Crippen LogP contribution >= 0.6 is 11.3 Å². The highest BCUT2D eigenvalue weighted by Gasteiger charge is 2.23. The molecule has 0 aliphatic carbocycles. The molecule has 0 spiro atoms. The fourth-order valence-electron chi connectivity index (χ4n) is 2.73. The molecule has 22 heavy (non-hydrogen) atoms.